The van der Waals surface area contributed by atoms with Crippen molar-refractivity contribution in [2.45, 2.75) is 0 Å². The maximum atomic E-state index is 5.70. The van der Waals surface area contributed by atoms with E-state index in [9.17, 15) is 0 Å². The summed E-state index contributed by atoms with van der Waals surface area (Å²) in [5.74, 6) is 0. The Hall–Kier alpha value is -18.7. The fourth-order valence-corrected chi connectivity index (χ4v) is 23.6. The van der Waals surface area contributed by atoms with Crippen molar-refractivity contribution in [3.63, 3.8) is 0 Å². The molecule has 4 heterocycles. The van der Waals surface area contributed by atoms with Crippen LogP contribution in [-0.4, -0.2) is 19.9 Å². The maximum absolute atomic E-state index is 5.70. The molecule has 0 atom stereocenters. The van der Waals surface area contributed by atoms with Gasteiger partial charge in [-0.2, -0.15) is 0 Å². The third kappa shape index (κ3) is 12.9. The summed E-state index contributed by atoms with van der Waals surface area (Å²) >= 11 is 0. The van der Waals surface area contributed by atoms with E-state index in [1.165, 1.54) is 179 Å². The molecule has 0 N–H and O–H groups in total. The van der Waals surface area contributed by atoms with E-state index >= 15 is 0 Å². The highest BCUT2D eigenvalue weighted by Gasteiger charge is 2.25. The zero-order valence-corrected chi connectivity index (χ0v) is 77.1. The van der Waals surface area contributed by atoms with E-state index in [0.29, 0.717) is 0 Å². The van der Waals surface area contributed by atoms with Crippen LogP contribution >= 0.6 is 0 Å². The van der Waals surface area contributed by atoms with Gasteiger partial charge in [-0.25, -0.2) is 19.9 Å². The van der Waals surface area contributed by atoms with Crippen LogP contribution in [0.15, 0.2) is 497 Å². The molecule has 0 bridgehead atoms. The summed E-state index contributed by atoms with van der Waals surface area (Å²) < 4.78 is 0. The first-order valence-corrected chi connectivity index (χ1v) is 48.9. The average molecular weight is 1800 g/mol. The summed E-state index contributed by atoms with van der Waals surface area (Å²) in [6.07, 6.45) is 0. The molecule has 0 fully saturated rings. The standard InChI is InChI=1S/C70H42N2.C68H40N2/c1-2-16-43(17-3-1)62-41-68(71-67-29-15-14-27-59(62)67)45-32-30-44(31-33-45)63-42-69(47-35-37-58-53-23-7-5-19-49(53)51-21-9-11-25-55(51)65(58)39-47)72-70-60-28-13-12-26-56(60)61(40-66(63)70)46-34-36-57-52-22-6-4-18-48(52)50-20-8-10-24-54(50)64(57)38-46;1-3-19-49-45(15-1)47-17-5-7-21-51(47)61-37-43(33-35-54(49)61)59-39-63-60(41-29-31-42(32-30-41)67-57-25-11-13-27-64(57)69-65-28-14-12-26-58(65)67)40-66(70-68(63)56-24-10-9-23-53(56)59)44-34-36-55-50-20-4-2-16-46(50)48-18-6-8-22-52(48)62(55)38-44/h1-42H;1-40H. The number of rotatable bonds is 9. The lowest BCUT2D eigenvalue weighted by atomic mass is 9.88. The number of fused-ring (bicyclic) bond motifs is 33. The Morgan fingerprint density at radius 3 is 0.648 bits per heavy atom. The molecule has 4 heteroatoms. The smallest absolute Gasteiger partial charge is 0.0794 e. The van der Waals surface area contributed by atoms with Gasteiger partial charge in [0.2, 0.25) is 0 Å². The quantitative estimate of drug-likeness (QED) is 0.107. The van der Waals surface area contributed by atoms with E-state index in [4.69, 9.17) is 19.9 Å². The van der Waals surface area contributed by atoms with Gasteiger partial charge in [0.25, 0.3) is 0 Å². The van der Waals surface area contributed by atoms with Crippen molar-refractivity contribution in [1.82, 2.24) is 19.9 Å². The van der Waals surface area contributed by atoms with Gasteiger partial charge in [0.1, 0.15) is 0 Å². The second-order valence-corrected chi connectivity index (χ2v) is 37.9. The minimum atomic E-state index is 0.936. The lowest BCUT2D eigenvalue weighted by Crippen LogP contribution is -1.94. The van der Waals surface area contributed by atoms with Gasteiger partial charge >= 0.3 is 0 Å². The molecule has 654 valence electrons. The summed E-state index contributed by atoms with van der Waals surface area (Å²) in [6.45, 7) is 0. The monoisotopic (exact) mass is 1790 g/mol. The Bertz CT molecular complexity index is 10400. The summed E-state index contributed by atoms with van der Waals surface area (Å²) in [5, 5.41) is 40.5. The van der Waals surface area contributed by atoms with Gasteiger partial charge in [-0.1, -0.05) is 425 Å². The lowest BCUT2D eigenvalue weighted by molar-refractivity contribution is 1.39. The minimum Gasteiger partial charge on any atom is -0.248 e. The molecular weight excluding hydrogens is 1710 g/mol. The van der Waals surface area contributed by atoms with Gasteiger partial charge in [0, 0.05) is 60.0 Å². The molecule has 4 nitrogen and oxygen atoms in total. The topological polar surface area (TPSA) is 51.6 Å². The number of hydrogen-bond acceptors (Lipinski definition) is 4. The molecule has 0 amide bonds. The number of aromatic nitrogens is 4. The molecule has 0 spiro atoms. The van der Waals surface area contributed by atoms with Crippen LogP contribution in [0.3, 0.4) is 0 Å². The molecule has 0 aliphatic carbocycles. The number of pyridine rings is 4. The second-order valence-electron chi connectivity index (χ2n) is 37.9. The van der Waals surface area contributed by atoms with Gasteiger partial charge in [-0.05, 0) is 274 Å². The van der Waals surface area contributed by atoms with E-state index in [2.05, 4.69) is 497 Å². The van der Waals surface area contributed by atoms with Crippen LogP contribution in [0, 0.1) is 0 Å². The van der Waals surface area contributed by atoms with E-state index in [-0.39, 0.29) is 0 Å². The Morgan fingerprint density at radius 2 is 0.310 bits per heavy atom. The largest absolute Gasteiger partial charge is 0.248 e. The van der Waals surface area contributed by atoms with Crippen LogP contribution < -0.4 is 0 Å². The van der Waals surface area contributed by atoms with Crippen molar-refractivity contribution < 1.29 is 0 Å². The first kappa shape index (κ1) is 80.5. The van der Waals surface area contributed by atoms with Crippen molar-refractivity contribution in [1.29, 1.82) is 0 Å². The second kappa shape index (κ2) is 32.5. The van der Waals surface area contributed by atoms with Crippen LogP contribution in [0.2, 0.25) is 0 Å². The van der Waals surface area contributed by atoms with Crippen LogP contribution in [-0.2, 0) is 0 Å². The number of hydrogen-bond donors (Lipinski definition) is 0. The van der Waals surface area contributed by atoms with E-state index in [1.807, 2.05) is 0 Å². The number of benzene rings is 26. The SMILES string of the molecule is c1ccc(-c2cc(-c3ccc(-c4cc(-c5ccc6c7ccccc7c7ccccc7c6c5)nc5c4cc(-c4ccc6c7ccccc7c7ccccc7c6c4)c4ccccc45)cc3)nc3ccccc23)cc1.c1ccc2c(-c3ccc(-c4cc(-c5ccc6c7ccccc7c7ccccc7c6c5)nc5c4cc(-c4ccc6c7ccccc7c7ccccc7c6c4)c4ccccc45)cc3)c3ccccc3nc2c1. The number of nitrogens with zero attached hydrogens (tertiary/aromatic N) is 4. The normalized spacial score (nSPS) is 11.9. The third-order valence-corrected chi connectivity index (χ3v) is 30.2. The molecule has 0 unspecified atom stereocenters. The summed E-state index contributed by atoms with van der Waals surface area (Å²) in [7, 11) is 0. The van der Waals surface area contributed by atoms with Crippen LogP contribution in [0.4, 0.5) is 0 Å². The Kier molecular flexibility index (Phi) is 18.4. The molecule has 4 aromatic heterocycles. The van der Waals surface area contributed by atoms with Crippen molar-refractivity contribution in [2.24, 2.45) is 0 Å². The summed E-state index contributed by atoms with van der Waals surface area (Å²) in [4.78, 5) is 21.7. The Morgan fingerprint density at radius 1 is 0.0986 bits per heavy atom. The molecule has 0 saturated heterocycles. The Balaban J connectivity index is 0.000000136. The first-order chi connectivity index (χ1) is 70.4. The fraction of sp³-hybridized carbons (Fsp3) is 0. The summed E-state index contributed by atoms with van der Waals surface area (Å²) in [5.41, 5.74) is 25.0. The molecule has 30 aromatic rings. The predicted octanol–water partition coefficient (Wildman–Crippen LogP) is 37.9. The summed E-state index contributed by atoms with van der Waals surface area (Å²) in [6, 6.07) is 182. The van der Waals surface area contributed by atoms with Gasteiger partial charge in [0.15, 0.2) is 0 Å². The van der Waals surface area contributed by atoms with Crippen LogP contribution in [0.1, 0.15) is 0 Å². The Labute approximate surface area is 817 Å². The molecular formula is C138H82N4. The number of para-hydroxylation sites is 3. The third-order valence-electron chi connectivity index (χ3n) is 30.2. The zero-order valence-electron chi connectivity index (χ0n) is 77.1. The highest BCUT2D eigenvalue weighted by molar-refractivity contribution is 6.31. The van der Waals surface area contributed by atoms with Crippen molar-refractivity contribution in [3.8, 4) is 101 Å². The lowest BCUT2D eigenvalue weighted by Gasteiger charge is -2.18. The van der Waals surface area contributed by atoms with Gasteiger partial charge in [-0.15, -0.1) is 0 Å². The molecule has 0 aliphatic heterocycles. The molecule has 26 aromatic carbocycles. The molecule has 142 heavy (non-hydrogen) atoms. The van der Waals surface area contributed by atoms with Crippen molar-refractivity contribution in [2.75, 3.05) is 0 Å². The average Bonchev–Trinajstić information content (AvgIpc) is 0.728. The minimum absolute atomic E-state index is 0.936. The first-order valence-electron chi connectivity index (χ1n) is 48.9. The van der Waals surface area contributed by atoms with E-state index in [0.717, 1.165) is 127 Å². The van der Waals surface area contributed by atoms with Crippen LogP contribution in [0.5, 0.6) is 0 Å². The molecule has 0 saturated carbocycles. The molecule has 30 rings (SSSR count). The predicted molar refractivity (Wildman–Crippen MR) is 606 cm³/mol. The van der Waals surface area contributed by atoms with Crippen LogP contribution in [0.25, 0.3) is 306 Å². The fourth-order valence-electron chi connectivity index (χ4n) is 23.6. The highest BCUT2D eigenvalue weighted by Crippen LogP contribution is 2.50. The van der Waals surface area contributed by atoms with E-state index in [1.54, 1.807) is 0 Å². The van der Waals surface area contributed by atoms with Crippen molar-refractivity contribution in [3.05, 3.63) is 497 Å². The zero-order chi connectivity index (χ0) is 93.1. The molecule has 0 radical (unpaired) electrons. The highest BCUT2D eigenvalue weighted by atomic mass is 14.7. The van der Waals surface area contributed by atoms with Crippen molar-refractivity contribution >= 4 is 205 Å². The molecule has 0 aliphatic rings. The maximum Gasteiger partial charge on any atom is 0.0794 e. The van der Waals surface area contributed by atoms with Gasteiger partial charge in [0.05, 0.1) is 44.7 Å². The van der Waals surface area contributed by atoms with Gasteiger partial charge < -0.3 is 0 Å². The van der Waals surface area contributed by atoms with Gasteiger partial charge in [-0.3, -0.25) is 0 Å². The van der Waals surface area contributed by atoms with E-state index < -0.39 is 0 Å².